The zero-order chi connectivity index (χ0) is 12.6. The molecule has 92 valence electrons. The first-order chi connectivity index (χ1) is 7.93. The molecule has 0 amide bonds. The topological polar surface area (TPSA) is 56.7 Å². The molecule has 0 aliphatic rings. The number of nitrogen functional groups attached to an aromatic ring is 1. The van der Waals surface area contributed by atoms with Crippen molar-refractivity contribution in [2.45, 2.75) is 40.7 Å². The van der Waals surface area contributed by atoms with Crippen LogP contribution in [0.3, 0.4) is 0 Å². The van der Waals surface area contributed by atoms with Crippen molar-refractivity contribution in [1.82, 2.24) is 14.5 Å². The van der Waals surface area contributed by atoms with E-state index < -0.39 is 0 Å². The van der Waals surface area contributed by atoms with Crippen LogP contribution in [0.2, 0.25) is 0 Å². The quantitative estimate of drug-likeness (QED) is 0.885. The smallest absolute Gasteiger partial charge is 0.202 e. The zero-order valence-electron chi connectivity index (χ0n) is 11.0. The van der Waals surface area contributed by atoms with Crippen LogP contribution in [0.4, 0.5) is 5.95 Å². The Kier molecular flexibility index (Phi) is 2.81. The SMILES string of the molecule is CCC(C)(C)Cn1c(N)nc2cc(C)cnc21. The Morgan fingerprint density at radius 3 is 2.76 bits per heavy atom. The second-order valence-electron chi connectivity index (χ2n) is 5.43. The highest BCUT2D eigenvalue weighted by Crippen LogP contribution is 2.26. The van der Waals surface area contributed by atoms with Crippen LogP contribution in [0.15, 0.2) is 12.3 Å². The van der Waals surface area contributed by atoms with Gasteiger partial charge in [0.05, 0.1) is 0 Å². The number of nitrogens with two attached hydrogens (primary N) is 1. The third-order valence-corrected chi connectivity index (χ3v) is 3.29. The number of nitrogens with zero attached hydrogens (tertiary/aromatic N) is 3. The van der Waals surface area contributed by atoms with Crippen molar-refractivity contribution in [2.75, 3.05) is 5.73 Å². The fraction of sp³-hybridized carbons (Fsp3) is 0.538. The Balaban J connectivity index is 2.50. The molecule has 4 nitrogen and oxygen atoms in total. The maximum atomic E-state index is 5.98. The van der Waals surface area contributed by atoms with Gasteiger partial charge in [0.25, 0.3) is 0 Å². The molecule has 2 aromatic rings. The predicted octanol–water partition coefficient (Wildman–Crippen LogP) is 2.76. The number of anilines is 1. The van der Waals surface area contributed by atoms with Gasteiger partial charge in [-0.1, -0.05) is 20.8 Å². The van der Waals surface area contributed by atoms with E-state index in [2.05, 4.69) is 30.7 Å². The van der Waals surface area contributed by atoms with Gasteiger partial charge in [0.2, 0.25) is 5.95 Å². The molecule has 17 heavy (non-hydrogen) atoms. The first-order valence-corrected chi connectivity index (χ1v) is 6.01. The molecule has 0 saturated heterocycles. The van der Waals surface area contributed by atoms with Gasteiger partial charge in [-0.3, -0.25) is 4.57 Å². The van der Waals surface area contributed by atoms with Gasteiger partial charge >= 0.3 is 0 Å². The van der Waals surface area contributed by atoms with E-state index in [1.807, 2.05) is 23.8 Å². The van der Waals surface area contributed by atoms with Crippen LogP contribution in [0.1, 0.15) is 32.8 Å². The normalized spacial score (nSPS) is 12.2. The Morgan fingerprint density at radius 1 is 1.41 bits per heavy atom. The van der Waals surface area contributed by atoms with Crippen molar-refractivity contribution in [3.8, 4) is 0 Å². The molecule has 0 saturated carbocycles. The van der Waals surface area contributed by atoms with Crippen LogP contribution in [-0.4, -0.2) is 14.5 Å². The summed E-state index contributed by atoms with van der Waals surface area (Å²) < 4.78 is 2.01. The van der Waals surface area contributed by atoms with Gasteiger partial charge in [0, 0.05) is 12.7 Å². The first kappa shape index (κ1) is 11.9. The van der Waals surface area contributed by atoms with Crippen LogP contribution in [0.25, 0.3) is 11.2 Å². The minimum absolute atomic E-state index is 0.203. The Morgan fingerprint density at radius 2 is 2.12 bits per heavy atom. The van der Waals surface area contributed by atoms with Crippen molar-refractivity contribution < 1.29 is 0 Å². The van der Waals surface area contributed by atoms with E-state index in [-0.39, 0.29) is 5.41 Å². The number of fused-ring (bicyclic) bond motifs is 1. The second-order valence-corrected chi connectivity index (χ2v) is 5.43. The molecule has 2 N–H and O–H groups in total. The molecule has 0 fully saturated rings. The molecule has 0 aliphatic carbocycles. The summed E-state index contributed by atoms with van der Waals surface area (Å²) in [6.07, 6.45) is 2.96. The van der Waals surface area contributed by atoms with E-state index in [4.69, 9.17) is 5.73 Å². The molecule has 0 atom stereocenters. The number of pyridine rings is 1. The van der Waals surface area contributed by atoms with Gasteiger partial charge in [-0.2, -0.15) is 0 Å². The molecule has 0 aromatic carbocycles. The van der Waals surface area contributed by atoms with Crippen LogP contribution < -0.4 is 5.73 Å². The molecule has 2 aromatic heterocycles. The molecular formula is C13H20N4. The number of hydrogen-bond donors (Lipinski definition) is 1. The largest absolute Gasteiger partial charge is 0.369 e. The lowest BCUT2D eigenvalue weighted by Gasteiger charge is -2.23. The molecule has 2 heterocycles. The lowest BCUT2D eigenvalue weighted by Crippen LogP contribution is -2.20. The van der Waals surface area contributed by atoms with Crippen LogP contribution in [-0.2, 0) is 6.54 Å². The van der Waals surface area contributed by atoms with E-state index >= 15 is 0 Å². The van der Waals surface area contributed by atoms with E-state index in [1.54, 1.807) is 0 Å². The minimum atomic E-state index is 0.203. The molecule has 0 bridgehead atoms. The molecule has 0 spiro atoms. The summed E-state index contributed by atoms with van der Waals surface area (Å²) >= 11 is 0. The van der Waals surface area contributed by atoms with Crippen LogP contribution in [0, 0.1) is 12.3 Å². The van der Waals surface area contributed by atoms with Crippen LogP contribution >= 0.6 is 0 Å². The average Bonchev–Trinajstić information content (AvgIpc) is 2.54. The predicted molar refractivity (Wildman–Crippen MR) is 70.7 cm³/mol. The summed E-state index contributed by atoms with van der Waals surface area (Å²) in [7, 11) is 0. The maximum Gasteiger partial charge on any atom is 0.202 e. The van der Waals surface area contributed by atoms with E-state index in [1.165, 1.54) is 0 Å². The van der Waals surface area contributed by atoms with Gasteiger partial charge in [-0.15, -0.1) is 0 Å². The molecule has 4 heteroatoms. The third-order valence-electron chi connectivity index (χ3n) is 3.29. The monoisotopic (exact) mass is 232 g/mol. The number of aromatic nitrogens is 3. The summed E-state index contributed by atoms with van der Waals surface area (Å²) in [6, 6.07) is 2.02. The van der Waals surface area contributed by atoms with Gasteiger partial charge in [-0.25, -0.2) is 9.97 Å². The number of rotatable bonds is 3. The lowest BCUT2D eigenvalue weighted by molar-refractivity contribution is 0.299. The molecule has 0 unspecified atom stereocenters. The number of imidazole rings is 1. The highest BCUT2D eigenvalue weighted by Gasteiger charge is 2.19. The Labute approximate surface area is 102 Å². The fourth-order valence-corrected chi connectivity index (χ4v) is 1.82. The van der Waals surface area contributed by atoms with Crippen molar-refractivity contribution in [2.24, 2.45) is 5.41 Å². The molecule has 0 radical (unpaired) electrons. The molecular weight excluding hydrogens is 212 g/mol. The summed E-state index contributed by atoms with van der Waals surface area (Å²) in [5.74, 6) is 0.555. The maximum absolute atomic E-state index is 5.98. The van der Waals surface area contributed by atoms with Gasteiger partial charge in [-0.05, 0) is 30.4 Å². The van der Waals surface area contributed by atoms with Crippen molar-refractivity contribution >= 4 is 17.1 Å². The minimum Gasteiger partial charge on any atom is -0.369 e. The Hall–Kier alpha value is -1.58. The van der Waals surface area contributed by atoms with Crippen molar-refractivity contribution in [1.29, 1.82) is 0 Å². The number of aryl methyl sites for hydroxylation is 1. The highest BCUT2D eigenvalue weighted by molar-refractivity contribution is 5.74. The summed E-state index contributed by atoms with van der Waals surface area (Å²) in [4.78, 5) is 8.81. The van der Waals surface area contributed by atoms with Crippen molar-refractivity contribution in [3.05, 3.63) is 17.8 Å². The van der Waals surface area contributed by atoms with Gasteiger partial charge in [0.15, 0.2) is 5.65 Å². The molecule has 2 rings (SSSR count). The zero-order valence-corrected chi connectivity index (χ0v) is 11.0. The van der Waals surface area contributed by atoms with Gasteiger partial charge in [0.1, 0.15) is 5.52 Å². The standard InChI is InChI=1S/C13H20N4/c1-5-13(3,4)8-17-11-10(16-12(17)14)6-9(2)7-15-11/h6-7H,5,8H2,1-4H3,(H2,14,16). The average molecular weight is 232 g/mol. The molecule has 0 aliphatic heterocycles. The van der Waals surface area contributed by atoms with Gasteiger partial charge < -0.3 is 5.73 Å². The first-order valence-electron chi connectivity index (χ1n) is 6.01. The number of hydrogen-bond acceptors (Lipinski definition) is 3. The van der Waals surface area contributed by atoms with E-state index in [0.29, 0.717) is 5.95 Å². The summed E-state index contributed by atoms with van der Waals surface area (Å²) in [5.41, 5.74) is 9.06. The van der Waals surface area contributed by atoms with E-state index in [0.717, 1.165) is 29.7 Å². The van der Waals surface area contributed by atoms with Crippen LogP contribution in [0.5, 0.6) is 0 Å². The third kappa shape index (κ3) is 2.25. The second kappa shape index (κ2) is 4.02. The Bertz CT molecular complexity index is 540. The fourth-order valence-electron chi connectivity index (χ4n) is 1.82. The van der Waals surface area contributed by atoms with Crippen molar-refractivity contribution in [3.63, 3.8) is 0 Å². The van der Waals surface area contributed by atoms with E-state index in [9.17, 15) is 0 Å². The summed E-state index contributed by atoms with van der Waals surface area (Å²) in [5, 5.41) is 0. The highest BCUT2D eigenvalue weighted by atomic mass is 15.2. The lowest BCUT2D eigenvalue weighted by atomic mass is 9.90. The summed E-state index contributed by atoms with van der Waals surface area (Å²) in [6.45, 7) is 9.51.